The maximum absolute atomic E-state index is 13.7. The van der Waals surface area contributed by atoms with Gasteiger partial charge in [0.15, 0.2) is 0 Å². The Bertz CT molecular complexity index is 661. The second kappa shape index (κ2) is 7.31. The van der Waals surface area contributed by atoms with E-state index in [0.717, 1.165) is 0 Å². The molecule has 0 aliphatic carbocycles. The summed E-state index contributed by atoms with van der Waals surface area (Å²) in [5.74, 6) is -1.82. The van der Waals surface area contributed by atoms with Crippen LogP contribution in [0.5, 0.6) is 0 Å². The number of halogens is 1. The topological polar surface area (TPSA) is 70.5 Å². The number of hydrogen-bond donors (Lipinski definition) is 1. The first-order chi connectivity index (χ1) is 10.6. The number of amides is 1. The molecule has 1 amide bonds. The van der Waals surface area contributed by atoms with Crippen LogP contribution in [0.25, 0.3) is 0 Å². The lowest BCUT2D eigenvalue weighted by Gasteiger charge is -2.22. The molecular weight excluding hydrogens is 287 g/mol. The summed E-state index contributed by atoms with van der Waals surface area (Å²) in [7, 11) is 0. The third kappa shape index (κ3) is 4.12. The maximum Gasteiger partial charge on any atom is 0.305 e. The van der Waals surface area contributed by atoms with E-state index in [0.29, 0.717) is 11.1 Å². The van der Waals surface area contributed by atoms with Gasteiger partial charge in [-0.2, -0.15) is 0 Å². The molecule has 0 fully saturated rings. The van der Waals surface area contributed by atoms with Crippen LogP contribution in [-0.4, -0.2) is 33.4 Å². The molecule has 22 heavy (non-hydrogen) atoms. The van der Waals surface area contributed by atoms with Gasteiger partial charge in [0.25, 0.3) is 5.91 Å². The van der Waals surface area contributed by atoms with Crippen LogP contribution in [0.1, 0.15) is 22.3 Å². The number of carboxylic acid groups (broad SMARTS) is 1. The van der Waals surface area contributed by atoms with Crippen molar-refractivity contribution in [2.45, 2.75) is 13.0 Å². The molecule has 0 saturated heterocycles. The molecule has 6 heteroatoms. The summed E-state index contributed by atoms with van der Waals surface area (Å²) < 4.78 is 13.7. The summed E-state index contributed by atoms with van der Waals surface area (Å²) >= 11 is 0. The minimum Gasteiger partial charge on any atom is -0.481 e. The highest BCUT2D eigenvalue weighted by atomic mass is 19.1. The van der Waals surface area contributed by atoms with Crippen molar-refractivity contribution >= 4 is 11.9 Å². The van der Waals surface area contributed by atoms with E-state index in [9.17, 15) is 14.0 Å². The number of rotatable bonds is 6. The number of nitrogens with zero attached hydrogens (tertiary/aromatic N) is 2. The van der Waals surface area contributed by atoms with Gasteiger partial charge < -0.3 is 10.0 Å². The number of pyridine rings is 1. The van der Waals surface area contributed by atoms with Crippen LogP contribution < -0.4 is 0 Å². The zero-order valence-electron chi connectivity index (χ0n) is 11.8. The van der Waals surface area contributed by atoms with Gasteiger partial charge in [0.2, 0.25) is 0 Å². The van der Waals surface area contributed by atoms with E-state index >= 15 is 0 Å². The van der Waals surface area contributed by atoms with Crippen molar-refractivity contribution in [3.05, 3.63) is 65.7 Å². The first-order valence-corrected chi connectivity index (χ1v) is 6.72. The van der Waals surface area contributed by atoms with E-state index < -0.39 is 11.8 Å². The molecule has 1 aromatic carbocycles. The van der Waals surface area contributed by atoms with E-state index in [2.05, 4.69) is 4.98 Å². The van der Waals surface area contributed by atoms with Gasteiger partial charge in [0.05, 0.1) is 12.0 Å². The lowest BCUT2D eigenvalue weighted by atomic mass is 10.1. The van der Waals surface area contributed by atoms with Crippen molar-refractivity contribution in [3.63, 3.8) is 0 Å². The number of aromatic nitrogens is 1. The molecule has 1 aromatic heterocycles. The second-order valence-electron chi connectivity index (χ2n) is 4.70. The van der Waals surface area contributed by atoms with Crippen molar-refractivity contribution in [2.75, 3.05) is 6.54 Å². The van der Waals surface area contributed by atoms with E-state index in [4.69, 9.17) is 5.11 Å². The number of carbonyl (C=O) groups excluding carboxylic acids is 1. The zero-order chi connectivity index (χ0) is 15.9. The monoisotopic (exact) mass is 302 g/mol. The Morgan fingerprint density at radius 2 is 1.95 bits per heavy atom. The van der Waals surface area contributed by atoms with E-state index in [-0.39, 0.29) is 25.4 Å². The van der Waals surface area contributed by atoms with Crippen molar-refractivity contribution in [1.82, 2.24) is 9.88 Å². The van der Waals surface area contributed by atoms with Crippen LogP contribution in [0.3, 0.4) is 0 Å². The third-order valence-electron chi connectivity index (χ3n) is 3.11. The summed E-state index contributed by atoms with van der Waals surface area (Å²) in [5, 5.41) is 8.81. The molecule has 0 unspecified atom stereocenters. The molecular formula is C16H15FN2O3. The molecule has 0 atom stereocenters. The van der Waals surface area contributed by atoms with Gasteiger partial charge in [-0.25, -0.2) is 4.39 Å². The summed E-state index contributed by atoms with van der Waals surface area (Å²) in [5.41, 5.74) is 0.675. The molecule has 1 N–H and O–H groups in total. The Morgan fingerprint density at radius 1 is 1.18 bits per heavy atom. The van der Waals surface area contributed by atoms with Crippen molar-refractivity contribution in [1.29, 1.82) is 0 Å². The fourth-order valence-electron chi connectivity index (χ4n) is 1.99. The Hall–Kier alpha value is -2.76. The average Bonchev–Trinajstić information content (AvgIpc) is 2.53. The summed E-state index contributed by atoms with van der Waals surface area (Å²) in [6.45, 7) is 0.00504. The number of carbonyl (C=O) groups is 2. The van der Waals surface area contributed by atoms with Crippen LogP contribution in [0.15, 0.2) is 48.8 Å². The summed E-state index contributed by atoms with van der Waals surface area (Å²) in [6.07, 6.45) is 2.73. The molecule has 0 bridgehead atoms. The average molecular weight is 302 g/mol. The largest absolute Gasteiger partial charge is 0.481 e. The Morgan fingerprint density at radius 3 is 2.59 bits per heavy atom. The SMILES string of the molecule is O=C(O)CCN(Cc1ccccc1F)C(=O)c1cccnc1. The fourth-order valence-corrected chi connectivity index (χ4v) is 1.99. The van der Waals surface area contributed by atoms with Crippen LogP contribution in [0.4, 0.5) is 4.39 Å². The highest BCUT2D eigenvalue weighted by Crippen LogP contribution is 2.13. The van der Waals surface area contributed by atoms with Gasteiger partial charge in [0.1, 0.15) is 5.82 Å². The molecule has 2 rings (SSSR count). The molecule has 0 aliphatic rings. The molecule has 1 heterocycles. The Balaban J connectivity index is 2.21. The smallest absolute Gasteiger partial charge is 0.305 e. The molecule has 0 spiro atoms. The first-order valence-electron chi connectivity index (χ1n) is 6.72. The van der Waals surface area contributed by atoms with Crippen LogP contribution in [0, 0.1) is 5.82 Å². The number of aliphatic carboxylic acids is 1. The number of benzene rings is 1. The molecule has 5 nitrogen and oxygen atoms in total. The highest BCUT2D eigenvalue weighted by molar-refractivity contribution is 5.94. The summed E-state index contributed by atoms with van der Waals surface area (Å²) in [4.78, 5) is 28.4. The van der Waals surface area contributed by atoms with Crippen molar-refractivity contribution in [3.8, 4) is 0 Å². The zero-order valence-corrected chi connectivity index (χ0v) is 11.8. The van der Waals surface area contributed by atoms with Crippen molar-refractivity contribution in [2.24, 2.45) is 0 Å². The van der Waals surface area contributed by atoms with Gasteiger partial charge in [-0.1, -0.05) is 18.2 Å². The first kappa shape index (κ1) is 15.6. The van der Waals surface area contributed by atoms with E-state index in [1.165, 1.54) is 23.4 Å². The van der Waals surface area contributed by atoms with Crippen LogP contribution >= 0.6 is 0 Å². The second-order valence-corrected chi connectivity index (χ2v) is 4.70. The Labute approximate surface area is 127 Å². The Kier molecular flexibility index (Phi) is 5.19. The third-order valence-corrected chi connectivity index (χ3v) is 3.11. The van der Waals surface area contributed by atoms with Gasteiger partial charge in [-0.3, -0.25) is 14.6 Å². The van der Waals surface area contributed by atoms with Crippen LogP contribution in [0.2, 0.25) is 0 Å². The number of hydrogen-bond acceptors (Lipinski definition) is 3. The highest BCUT2D eigenvalue weighted by Gasteiger charge is 2.18. The number of carboxylic acids is 1. The van der Waals surface area contributed by atoms with Gasteiger partial charge in [-0.15, -0.1) is 0 Å². The minimum atomic E-state index is -1.02. The normalized spacial score (nSPS) is 10.2. The molecule has 114 valence electrons. The van der Waals surface area contributed by atoms with E-state index in [1.807, 2.05) is 0 Å². The predicted molar refractivity (Wildman–Crippen MR) is 77.6 cm³/mol. The van der Waals surface area contributed by atoms with Gasteiger partial charge in [-0.05, 0) is 18.2 Å². The minimum absolute atomic E-state index is 0.00258. The predicted octanol–water partition coefficient (Wildman–Crippen LogP) is 2.34. The van der Waals surface area contributed by atoms with Gasteiger partial charge >= 0.3 is 5.97 Å². The van der Waals surface area contributed by atoms with Crippen molar-refractivity contribution < 1.29 is 19.1 Å². The maximum atomic E-state index is 13.7. The molecule has 0 saturated carbocycles. The molecule has 2 aromatic rings. The quantitative estimate of drug-likeness (QED) is 0.889. The summed E-state index contributed by atoms with van der Waals surface area (Å²) in [6, 6.07) is 9.31. The van der Waals surface area contributed by atoms with E-state index in [1.54, 1.807) is 30.3 Å². The lowest BCUT2D eigenvalue weighted by Crippen LogP contribution is -2.33. The molecule has 0 aliphatic heterocycles. The lowest BCUT2D eigenvalue weighted by molar-refractivity contribution is -0.137. The van der Waals surface area contributed by atoms with Crippen LogP contribution in [-0.2, 0) is 11.3 Å². The molecule has 0 radical (unpaired) electrons. The van der Waals surface area contributed by atoms with Gasteiger partial charge in [0, 0.05) is 31.0 Å². The standard InChI is InChI=1S/C16H15FN2O3/c17-14-6-2-1-4-13(14)11-19(9-7-15(20)21)16(22)12-5-3-8-18-10-12/h1-6,8,10H,7,9,11H2,(H,20,21). The fraction of sp³-hybridized carbons (Fsp3) is 0.188.